The van der Waals surface area contributed by atoms with Gasteiger partial charge in [0.2, 0.25) is 0 Å². The number of thiophene rings is 1. The van der Waals surface area contributed by atoms with E-state index in [9.17, 15) is 0 Å². The van der Waals surface area contributed by atoms with Crippen molar-refractivity contribution < 1.29 is 0 Å². The van der Waals surface area contributed by atoms with Crippen molar-refractivity contribution in [3.05, 3.63) is 22.4 Å². The highest BCUT2D eigenvalue weighted by Crippen LogP contribution is 2.42. The number of hydrogen-bond acceptors (Lipinski definition) is 3. The smallest absolute Gasteiger partial charge is 0.0443 e. The average molecular weight is 210 g/mol. The fourth-order valence-corrected chi connectivity index (χ4v) is 2.65. The predicted octanol–water partition coefficient (Wildman–Crippen LogP) is 2.14. The van der Waals surface area contributed by atoms with E-state index in [-0.39, 0.29) is 0 Å². The van der Waals surface area contributed by atoms with Crippen LogP contribution in [0, 0.1) is 5.92 Å². The van der Waals surface area contributed by atoms with Gasteiger partial charge in [-0.3, -0.25) is 0 Å². The van der Waals surface area contributed by atoms with E-state index in [1.54, 1.807) is 0 Å². The largest absolute Gasteiger partial charge is 0.330 e. The first kappa shape index (κ1) is 10.1. The zero-order valence-electron chi connectivity index (χ0n) is 8.41. The molecule has 1 aliphatic rings. The molecule has 0 radical (unpaired) electrons. The summed E-state index contributed by atoms with van der Waals surface area (Å²) in [6.07, 6.45) is 3.85. The van der Waals surface area contributed by atoms with Gasteiger partial charge in [-0.05, 0) is 49.7 Å². The van der Waals surface area contributed by atoms with E-state index in [0.717, 1.165) is 25.4 Å². The monoisotopic (exact) mass is 210 g/mol. The van der Waals surface area contributed by atoms with Gasteiger partial charge in [-0.15, -0.1) is 11.3 Å². The van der Waals surface area contributed by atoms with Gasteiger partial charge in [0.1, 0.15) is 0 Å². The molecule has 0 saturated heterocycles. The SMILES string of the molecule is NCCCNC(c1cccs1)C1CC1. The van der Waals surface area contributed by atoms with Gasteiger partial charge < -0.3 is 11.1 Å². The van der Waals surface area contributed by atoms with Crippen LogP contribution >= 0.6 is 11.3 Å². The molecule has 14 heavy (non-hydrogen) atoms. The number of hydrogen-bond donors (Lipinski definition) is 2. The summed E-state index contributed by atoms with van der Waals surface area (Å²) in [7, 11) is 0. The Morgan fingerprint density at radius 2 is 2.43 bits per heavy atom. The highest BCUT2D eigenvalue weighted by Gasteiger charge is 2.32. The molecule has 3 heteroatoms. The van der Waals surface area contributed by atoms with Crippen LogP contribution in [-0.2, 0) is 0 Å². The highest BCUT2D eigenvalue weighted by atomic mass is 32.1. The summed E-state index contributed by atoms with van der Waals surface area (Å²) in [6.45, 7) is 1.84. The molecule has 1 aromatic heterocycles. The van der Waals surface area contributed by atoms with E-state index < -0.39 is 0 Å². The van der Waals surface area contributed by atoms with Crippen molar-refractivity contribution in [2.75, 3.05) is 13.1 Å². The molecular weight excluding hydrogens is 192 g/mol. The lowest BCUT2D eigenvalue weighted by Gasteiger charge is -2.16. The Morgan fingerprint density at radius 1 is 1.57 bits per heavy atom. The molecule has 2 nitrogen and oxygen atoms in total. The Bertz CT molecular complexity index is 254. The predicted molar refractivity (Wildman–Crippen MR) is 61.5 cm³/mol. The van der Waals surface area contributed by atoms with Crippen LogP contribution < -0.4 is 11.1 Å². The lowest BCUT2D eigenvalue weighted by molar-refractivity contribution is 0.484. The minimum absolute atomic E-state index is 0.599. The minimum atomic E-state index is 0.599. The molecule has 0 aliphatic heterocycles. The van der Waals surface area contributed by atoms with Gasteiger partial charge >= 0.3 is 0 Å². The van der Waals surface area contributed by atoms with E-state index >= 15 is 0 Å². The summed E-state index contributed by atoms with van der Waals surface area (Å²) < 4.78 is 0. The Balaban J connectivity index is 1.88. The van der Waals surface area contributed by atoms with E-state index in [0.29, 0.717) is 6.04 Å². The maximum absolute atomic E-state index is 5.49. The fourth-order valence-electron chi connectivity index (χ4n) is 1.76. The first-order valence-electron chi connectivity index (χ1n) is 5.38. The van der Waals surface area contributed by atoms with Crippen LogP contribution in [0.15, 0.2) is 17.5 Å². The number of nitrogens with two attached hydrogens (primary N) is 1. The van der Waals surface area contributed by atoms with Gasteiger partial charge in [0.25, 0.3) is 0 Å². The molecule has 1 aromatic rings. The van der Waals surface area contributed by atoms with E-state index in [4.69, 9.17) is 5.73 Å². The zero-order valence-corrected chi connectivity index (χ0v) is 9.22. The molecule has 1 saturated carbocycles. The molecule has 1 fully saturated rings. The van der Waals surface area contributed by atoms with Crippen LogP contribution in [0.4, 0.5) is 0 Å². The summed E-state index contributed by atoms with van der Waals surface area (Å²) in [5.74, 6) is 0.881. The van der Waals surface area contributed by atoms with Crippen LogP contribution in [0.3, 0.4) is 0 Å². The highest BCUT2D eigenvalue weighted by molar-refractivity contribution is 7.10. The maximum atomic E-state index is 5.49. The second-order valence-corrected chi connectivity index (χ2v) is 4.91. The van der Waals surface area contributed by atoms with Gasteiger partial charge in [-0.2, -0.15) is 0 Å². The molecule has 3 N–H and O–H groups in total. The van der Waals surface area contributed by atoms with Crippen LogP contribution in [-0.4, -0.2) is 13.1 Å². The molecule has 1 aliphatic carbocycles. The molecule has 1 unspecified atom stereocenters. The fraction of sp³-hybridized carbons (Fsp3) is 0.636. The van der Waals surface area contributed by atoms with Gasteiger partial charge in [-0.1, -0.05) is 6.07 Å². The molecule has 2 rings (SSSR count). The van der Waals surface area contributed by atoms with Gasteiger partial charge in [0.05, 0.1) is 0 Å². The standard InChI is InChI=1S/C11H18N2S/c12-6-2-7-13-11(9-4-5-9)10-3-1-8-14-10/h1,3,8-9,11,13H,2,4-7,12H2. The molecule has 1 atom stereocenters. The third kappa shape index (κ3) is 2.56. The lowest BCUT2D eigenvalue weighted by atomic mass is 10.1. The summed E-state index contributed by atoms with van der Waals surface area (Å²) in [6, 6.07) is 4.98. The van der Waals surface area contributed by atoms with Gasteiger partial charge in [-0.25, -0.2) is 0 Å². The van der Waals surface area contributed by atoms with Crippen molar-refractivity contribution in [1.29, 1.82) is 0 Å². The van der Waals surface area contributed by atoms with Crippen LogP contribution in [0.1, 0.15) is 30.2 Å². The van der Waals surface area contributed by atoms with E-state index in [2.05, 4.69) is 22.8 Å². The number of rotatable bonds is 6. The third-order valence-electron chi connectivity index (χ3n) is 2.69. The summed E-state index contributed by atoms with van der Waals surface area (Å²) >= 11 is 1.86. The van der Waals surface area contributed by atoms with Crippen molar-refractivity contribution in [3.63, 3.8) is 0 Å². The first-order valence-corrected chi connectivity index (χ1v) is 6.26. The molecule has 78 valence electrons. The maximum Gasteiger partial charge on any atom is 0.0443 e. The Hall–Kier alpha value is -0.380. The van der Waals surface area contributed by atoms with Crippen molar-refractivity contribution in [2.45, 2.75) is 25.3 Å². The normalized spacial score (nSPS) is 18.4. The quantitative estimate of drug-likeness (QED) is 0.706. The molecule has 0 amide bonds. The molecule has 1 heterocycles. The molecule has 0 spiro atoms. The lowest BCUT2D eigenvalue weighted by Crippen LogP contribution is -2.24. The summed E-state index contributed by atoms with van der Waals surface area (Å²) in [4.78, 5) is 1.49. The van der Waals surface area contributed by atoms with Gasteiger partial charge in [0.15, 0.2) is 0 Å². The second-order valence-electron chi connectivity index (χ2n) is 3.93. The Labute approximate surface area is 89.5 Å². The number of nitrogens with one attached hydrogen (secondary N) is 1. The first-order chi connectivity index (χ1) is 6.92. The van der Waals surface area contributed by atoms with E-state index in [1.165, 1.54) is 17.7 Å². The molecule has 0 bridgehead atoms. The zero-order chi connectivity index (χ0) is 9.80. The van der Waals surface area contributed by atoms with E-state index in [1.807, 2.05) is 11.3 Å². The summed E-state index contributed by atoms with van der Waals surface area (Å²) in [5, 5.41) is 5.78. The topological polar surface area (TPSA) is 38.0 Å². The van der Waals surface area contributed by atoms with Gasteiger partial charge in [0, 0.05) is 10.9 Å². The molecule has 0 aromatic carbocycles. The average Bonchev–Trinajstić information content (AvgIpc) is 2.88. The van der Waals surface area contributed by atoms with Crippen LogP contribution in [0.5, 0.6) is 0 Å². The van der Waals surface area contributed by atoms with Crippen molar-refractivity contribution in [2.24, 2.45) is 11.7 Å². The van der Waals surface area contributed by atoms with Crippen LogP contribution in [0.25, 0.3) is 0 Å². The minimum Gasteiger partial charge on any atom is -0.330 e. The third-order valence-corrected chi connectivity index (χ3v) is 3.64. The second kappa shape index (κ2) is 4.91. The Kier molecular flexibility index (Phi) is 3.56. The Morgan fingerprint density at radius 3 is 3.00 bits per heavy atom. The van der Waals surface area contributed by atoms with Crippen molar-refractivity contribution >= 4 is 11.3 Å². The van der Waals surface area contributed by atoms with Crippen molar-refractivity contribution in [1.82, 2.24) is 5.32 Å². The van der Waals surface area contributed by atoms with Crippen LogP contribution in [0.2, 0.25) is 0 Å². The van der Waals surface area contributed by atoms with Crippen molar-refractivity contribution in [3.8, 4) is 0 Å². The summed E-state index contributed by atoms with van der Waals surface area (Å²) in [5.41, 5.74) is 5.49. The molecular formula is C11H18N2S.